The molecule has 0 saturated heterocycles. The predicted octanol–water partition coefficient (Wildman–Crippen LogP) is 4.15. The first kappa shape index (κ1) is 26.6. The number of anilines is 1. The van der Waals surface area contributed by atoms with E-state index in [1.165, 1.54) is 17.3 Å². The summed E-state index contributed by atoms with van der Waals surface area (Å²) in [7, 11) is 1.92. The Morgan fingerprint density at radius 1 is 1.20 bits per heavy atom. The molecule has 14 heteroatoms. The maximum Gasteiger partial charge on any atom is 0.490 e. The first-order valence-corrected chi connectivity index (χ1v) is 11.6. The first-order valence-electron chi connectivity index (χ1n) is 10.4. The Morgan fingerprint density at radius 3 is 2.57 bits per heavy atom. The molecule has 35 heavy (non-hydrogen) atoms. The Balaban J connectivity index is 0.000000429. The van der Waals surface area contributed by atoms with Gasteiger partial charge in [-0.1, -0.05) is 18.5 Å². The summed E-state index contributed by atoms with van der Waals surface area (Å²) in [5.41, 5.74) is 4.48. The molecular formula is C21H21ClF3N7O2S. The van der Waals surface area contributed by atoms with E-state index in [2.05, 4.69) is 32.5 Å². The fraction of sp³-hybridized carbons (Fsp3) is 0.333. The minimum absolute atomic E-state index is 0.625. The molecule has 0 atom stereocenters. The summed E-state index contributed by atoms with van der Waals surface area (Å²) in [6, 6.07) is 1.95. The molecule has 1 aliphatic rings. The second-order valence-electron chi connectivity index (χ2n) is 7.13. The lowest BCUT2D eigenvalue weighted by molar-refractivity contribution is -0.192. The van der Waals surface area contributed by atoms with Gasteiger partial charge in [0.2, 0.25) is 0 Å². The highest BCUT2D eigenvalue weighted by Crippen LogP contribution is 2.41. The third kappa shape index (κ3) is 6.77. The molecule has 186 valence electrons. The molecule has 0 aromatic carbocycles. The van der Waals surface area contributed by atoms with Crippen LogP contribution in [0.1, 0.15) is 24.6 Å². The van der Waals surface area contributed by atoms with Gasteiger partial charge in [0, 0.05) is 43.0 Å². The van der Waals surface area contributed by atoms with E-state index in [1.807, 2.05) is 13.1 Å². The van der Waals surface area contributed by atoms with E-state index < -0.39 is 12.1 Å². The van der Waals surface area contributed by atoms with E-state index in [0.717, 1.165) is 58.5 Å². The van der Waals surface area contributed by atoms with E-state index in [-0.39, 0.29) is 0 Å². The van der Waals surface area contributed by atoms with Crippen molar-refractivity contribution in [3.05, 3.63) is 41.5 Å². The summed E-state index contributed by atoms with van der Waals surface area (Å²) < 4.78 is 31.7. The summed E-state index contributed by atoms with van der Waals surface area (Å²) in [5.74, 6) is -1.97. The number of carboxylic acids is 1. The van der Waals surface area contributed by atoms with Gasteiger partial charge < -0.3 is 15.7 Å². The second kappa shape index (κ2) is 11.6. The van der Waals surface area contributed by atoms with Crippen LogP contribution in [0, 0.1) is 0 Å². The quantitative estimate of drug-likeness (QED) is 0.305. The average molecular weight is 528 g/mol. The number of fused-ring (bicyclic) bond motifs is 2. The molecule has 0 bridgehead atoms. The molecule has 0 aliphatic heterocycles. The maximum absolute atomic E-state index is 10.6. The van der Waals surface area contributed by atoms with Crippen molar-refractivity contribution in [2.24, 2.45) is 0 Å². The van der Waals surface area contributed by atoms with E-state index in [0.29, 0.717) is 10.8 Å². The number of pyridine rings is 1. The molecule has 3 N–H and O–H groups in total. The fourth-order valence-corrected chi connectivity index (χ4v) is 4.24. The van der Waals surface area contributed by atoms with Gasteiger partial charge in [-0.25, -0.2) is 24.7 Å². The van der Waals surface area contributed by atoms with E-state index in [1.54, 1.807) is 18.6 Å². The Labute approximate surface area is 207 Å². The van der Waals surface area contributed by atoms with Crippen LogP contribution in [-0.4, -0.2) is 62.3 Å². The number of aliphatic carboxylic acids is 1. The molecule has 3 aromatic heterocycles. The van der Waals surface area contributed by atoms with Crippen molar-refractivity contribution in [3.63, 3.8) is 0 Å². The minimum atomic E-state index is -5.08. The highest BCUT2D eigenvalue weighted by Gasteiger charge is 2.38. The van der Waals surface area contributed by atoms with E-state index in [9.17, 15) is 13.2 Å². The van der Waals surface area contributed by atoms with Crippen molar-refractivity contribution in [1.82, 2.24) is 30.2 Å². The number of allylic oxidation sites excluding steroid dienone is 1. The lowest BCUT2D eigenvalue weighted by atomic mass is 10.2. The molecule has 1 aliphatic carbocycles. The smallest absolute Gasteiger partial charge is 0.475 e. The summed E-state index contributed by atoms with van der Waals surface area (Å²) >= 11 is 8.08. The SMILES string of the molecule is CCC1=C(Cl)c2c(nc(Sc3cnc4nccnc4c3)nc2NCCNC)C1.O=C(O)C(F)(F)F. The molecule has 4 rings (SSSR count). The lowest BCUT2D eigenvalue weighted by Gasteiger charge is -2.12. The second-order valence-corrected chi connectivity index (χ2v) is 8.55. The largest absolute Gasteiger partial charge is 0.490 e. The molecule has 0 spiro atoms. The number of carbonyl (C=O) groups is 1. The molecule has 0 fully saturated rings. The number of aromatic nitrogens is 5. The van der Waals surface area contributed by atoms with Crippen molar-refractivity contribution in [2.75, 3.05) is 25.5 Å². The Hall–Kier alpha value is -3.03. The minimum Gasteiger partial charge on any atom is -0.475 e. The van der Waals surface area contributed by atoms with E-state index >= 15 is 0 Å². The van der Waals surface area contributed by atoms with Gasteiger partial charge in [-0.3, -0.25) is 4.98 Å². The monoisotopic (exact) mass is 527 g/mol. The van der Waals surface area contributed by atoms with Gasteiger partial charge in [0.05, 0.1) is 16.3 Å². The number of likely N-dealkylation sites (N-methyl/N-ethyl adjacent to an activating group) is 1. The summed E-state index contributed by atoms with van der Waals surface area (Å²) in [6.45, 7) is 3.70. The van der Waals surface area contributed by atoms with Gasteiger partial charge in [-0.15, -0.1) is 0 Å². The third-order valence-electron chi connectivity index (χ3n) is 4.72. The van der Waals surface area contributed by atoms with Gasteiger partial charge in [0.15, 0.2) is 10.8 Å². The van der Waals surface area contributed by atoms with Crippen molar-refractivity contribution < 1.29 is 23.1 Å². The number of nitrogens with zero attached hydrogens (tertiary/aromatic N) is 5. The number of hydrogen-bond donors (Lipinski definition) is 3. The van der Waals surface area contributed by atoms with E-state index in [4.69, 9.17) is 31.5 Å². The van der Waals surface area contributed by atoms with Crippen LogP contribution in [-0.2, 0) is 11.2 Å². The van der Waals surface area contributed by atoms with Crippen LogP contribution in [0.15, 0.2) is 40.3 Å². The number of carboxylic acid groups (broad SMARTS) is 1. The molecule has 0 radical (unpaired) electrons. The van der Waals surface area contributed by atoms with Crippen LogP contribution in [0.3, 0.4) is 0 Å². The van der Waals surface area contributed by atoms with Gasteiger partial charge >= 0.3 is 12.1 Å². The Morgan fingerprint density at radius 2 is 1.91 bits per heavy atom. The van der Waals surface area contributed by atoms with Gasteiger partial charge in [0.1, 0.15) is 11.3 Å². The molecule has 0 amide bonds. The fourth-order valence-electron chi connectivity index (χ4n) is 3.06. The normalized spacial score (nSPS) is 12.9. The zero-order valence-corrected chi connectivity index (χ0v) is 20.2. The van der Waals surface area contributed by atoms with Crippen molar-refractivity contribution in [1.29, 1.82) is 0 Å². The Kier molecular flexibility index (Phi) is 8.81. The predicted molar refractivity (Wildman–Crippen MR) is 126 cm³/mol. The van der Waals surface area contributed by atoms with Crippen molar-refractivity contribution in [3.8, 4) is 0 Å². The molecule has 0 unspecified atom stereocenters. The van der Waals surface area contributed by atoms with Crippen LogP contribution in [0.4, 0.5) is 19.0 Å². The third-order valence-corrected chi connectivity index (χ3v) is 6.00. The number of alkyl halides is 3. The van der Waals surface area contributed by atoms with Crippen LogP contribution < -0.4 is 10.6 Å². The first-order chi connectivity index (χ1) is 16.6. The topological polar surface area (TPSA) is 126 Å². The summed E-state index contributed by atoms with van der Waals surface area (Å²) in [6.07, 6.45) is 1.66. The summed E-state index contributed by atoms with van der Waals surface area (Å²) in [4.78, 5) is 32.2. The molecule has 9 nitrogen and oxygen atoms in total. The Bertz CT molecular complexity index is 1260. The molecule has 3 heterocycles. The number of halogens is 4. The van der Waals surface area contributed by atoms with Crippen molar-refractivity contribution >= 4 is 51.3 Å². The lowest BCUT2D eigenvalue weighted by Crippen LogP contribution is -2.21. The number of hydrogen-bond acceptors (Lipinski definition) is 9. The van der Waals surface area contributed by atoms with Crippen LogP contribution >= 0.6 is 23.4 Å². The molecule has 3 aromatic rings. The van der Waals surface area contributed by atoms with Crippen LogP contribution in [0.5, 0.6) is 0 Å². The molecule has 0 saturated carbocycles. The highest BCUT2D eigenvalue weighted by molar-refractivity contribution is 7.99. The van der Waals surface area contributed by atoms with Crippen LogP contribution in [0.2, 0.25) is 0 Å². The van der Waals surface area contributed by atoms with Gasteiger partial charge in [-0.05, 0) is 36.9 Å². The maximum atomic E-state index is 10.6. The van der Waals surface area contributed by atoms with Gasteiger partial charge in [-0.2, -0.15) is 13.2 Å². The number of rotatable bonds is 7. The number of nitrogens with one attached hydrogen (secondary N) is 2. The average Bonchev–Trinajstić information content (AvgIpc) is 3.14. The standard InChI is InChI=1S/C19H20ClN7S.C2HF3O2/c1-3-11-8-13-15(16(11)20)18(24-5-4-21-2)27-19(26-13)28-12-9-14-17(25-10-12)23-7-6-22-14;3-2(4,5)1(6)7/h6-7,9-10,21H,3-5,8H2,1-2H3,(H,24,26,27);(H,6,7). The van der Waals surface area contributed by atoms with Crippen molar-refractivity contribution in [2.45, 2.75) is 36.0 Å². The zero-order chi connectivity index (χ0) is 25.6. The highest BCUT2D eigenvalue weighted by atomic mass is 35.5. The summed E-state index contributed by atoms with van der Waals surface area (Å²) in [5, 5.41) is 15.1. The van der Waals surface area contributed by atoms with Crippen LogP contribution in [0.25, 0.3) is 16.2 Å². The van der Waals surface area contributed by atoms with Gasteiger partial charge in [0.25, 0.3) is 0 Å². The zero-order valence-electron chi connectivity index (χ0n) is 18.6. The molecular weight excluding hydrogens is 507 g/mol.